The zero-order valence-electron chi connectivity index (χ0n) is 9.13. The van der Waals surface area contributed by atoms with Crippen molar-refractivity contribution in [2.75, 3.05) is 0 Å². The summed E-state index contributed by atoms with van der Waals surface area (Å²) in [4.78, 5) is 14.2. The molecule has 0 aliphatic carbocycles. The van der Waals surface area contributed by atoms with E-state index in [9.17, 15) is 4.79 Å². The van der Waals surface area contributed by atoms with E-state index in [1.54, 1.807) is 6.21 Å². The van der Waals surface area contributed by atoms with Crippen LogP contribution in [-0.2, 0) is 16.1 Å². The summed E-state index contributed by atoms with van der Waals surface area (Å²) in [6, 6.07) is 9.62. The van der Waals surface area contributed by atoms with Crippen molar-refractivity contribution in [1.29, 1.82) is 0 Å². The van der Waals surface area contributed by atoms with Gasteiger partial charge < -0.3 is 4.74 Å². The molecule has 1 heterocycles. The Morgan fingerprint density at radius 3 is 2.88 bits per heavy atom. The fourth-order valence-electron chi connectivity index (χ4n) is 1.32. The Bertz CT molecular complexity index is 443. The number of carbonyl (C=O) groups excluding carboxylic acids is 1. The Morgan fingerprint density at radius 1 is 1.35 bits per heavy atom. The molecule has 5 heteroatoms. The van der Waals surface area contributed by atoms with E-state index in [-0.39, 0.29) is 12.4 Å². The number of hydrogen-bond acceptors (Lipinski definition) is 5. The second-order valence-electron chi connectivity index (χ2n) is 3.48. The first kappa shape index (κ1) is 11.7. The molecule has 1 aromatic carbocycles. The maximum absolute atomic E-state index is 11.5. The van der Waals surface area contributed by atoms with Crippen LogP contribution in [0.1, 0.15) is 12.0 Å². The number of hydrogen-bond donors (Lipinski definition) is 1. The molecule has 1 aliphatic rings. The first-order valence-electron chi connectivity index (χ1n) is 5.17. The van der Waals surface area contributed by atoms with Gasteiger partial charge in [-0.1, -0.05) is 30.3 Å². The number of ether oxygens (including phenoxy) is 1. The normalized spacial score (nSPS) is 13.8. The number of esters is 1. The van der Waals surface area contributed by atoms with Gasteiger partial charge in [-0.25, -0.2) is 4.83 Å². The fraction of sp³-hybridized carbons (Fsp3) is 0.167. The van der Waals surface area contributed by atoms with E-state index in [0.29, 0.717) is 6.61 Å². The number of rotatable bonds is 4. The molecule has 88 valence electrons. The third-order valence-electron chi connectivity index (χ3n) is 2.14. The molecule has 0 saturated heterocycles. The molecule has 0 fully saturated rings. The first-order valence-corrected chi connectivity index (χ1v) is 6.05. The van der Waals surface area contributed by atoms with Crippen molar-refractivity contribution in [3.8, 4) is 0 Å². The van der Waals surface area contributed by atoms with Crippen LogP contribution in [-0.4, -0.2) is 12.2 Å². The Balaban J connectivity index is 1.78. The minimum absolute atomic E-state index is 0.242. The molecule has 0 atom stereocenters. The van der Waals surface area contributed by atoms with E-state index in [2.05, 4.69) is 9.93 Å². The van der Waals surface area contributed by atoms with Crippen LogP contribution >= 0.6 is 11.9 Å². The van der Waals surface area contributed by atoms with Crippen molar-refractivity contribution in [2.45, 2.75) is 13.0 Å². The molecule has 4 nitrogen and oxygen atoms in total. The van der Waals surface area contributed by atoms with Crippen LogP contribution in [0.15, 0.2) is 46.4 Å². The highest BCUT2D eigenvalue weighted by Crippen LogP contribution is 2.11. The minimum Gasteiger partial charge on any atom is -0.461 e. The highest BCUT2D eigenvalue weighted by atomic mass is 32.2. The first-order chi connectivity index (χ1) is 8.34. The zero-order chi connectivity index (χ0) is 11.9. The van der Waals surface area contributed by atoms with Crippen molar-refractivity contribution in [3.63, 3.8) is 0 Å². The smallest absolute Gasteiger partial charge is 0.310 e. The largest absolute Gasteiger partial charge is 0.461 e. The molecule has 17 heavy (non-hydrogen) atoms. The summed E-state index contributed by atoms with van der Waals surface area (Å²) in [5.74, 6) is -0.242. The summed E-state index contributed by atoms with van der Waals surface area (Å²) in [5, 5.41) is 5.69. The summed E-state index contributed by atoms with van der Waals surface area (Å²) < 4.78 is 5.16. The van der Waals surface area contributed by atoms with Crippen molar-refractivity contribution in [2.24, 2.45) is 5.10 Å². The van der Waals surface area contributed by atoms with Gasteiger partial charge in [0.15, 0.2) is 0 Å². The predicted molar refractivity (Wildman–Crippen MR) is 68.2 cm³/mol. The molecule has 0 saturated carbocycles. The molecule has 0 aromatic heterocycles. The Kier molecular flexibility index (Phi) is 4.21. The van der Waals surface area contributed by atoms with Gasteiger partial charge >= 0.3 is 5.97 Å². The van der Waals surface area contributed by atoms with Gasteiger partial charge in [0.1, 0.15) is 6.61 Å². The number of benzene rings is 1. The van der Waals surface area contributed by atoms with Gasteiger partial charge in [0.25, 0.3) is 0 Å². The molecule has 0 bridgehead atoms. The lowest BCUT2D eigenvalue weighted by Gasteiger charge is -2.07. The van der Waals surface area contributed by atoms with Gasteiger partial charge in [0.05, 0.1) is 12.6 Å². The standard InChI is InChI=1S/C12H12N2O2S/c15-12(6-11-7-13-14-17-9-11)16-8-10-4-2-1-3-5-10/h1-5,7,9,14H,6,8H2. The maximum Gasteiger partial charge on any atom is 0.310 e. The maximum atomic E-state index is 11.5. The van der Waals surface area contributed by atoms with Crippen LogP contribution in [0.5, 0.6) is 0 Å². The monoisotopic (exact) mass is 248 g/mol. The third kappa shape index (κ3) is 3.96. The summed E-state index contributed by atoms with van der Waals surface area (Å²) in [6.45, 7) is 0.315. The summed E-state index contributed by atoms with van der Waals surface area (Å²) in [6.07, 6.45) is 1.88. The van der Waals surface area contributed by atoms with Crippen LogP contribution < -0.4 is 4.83 Å². The van der Waals surface area contributed by atoms with Crippen LogP contribution in [0.4, 0.5) is 0 Å². The quantitative estimate of drug-likeness (QED) is 0.656. The Morgan fingerprint density at radius 2 is 2.18 bits per heavy atom. The number of hydrazone groups is 1. The van der Waals surface area contributed by atoms with E-state index < -0.39 is 0 Å². The topological polar surface area (TPSA) is 50.7 Å². The second kappa shape index (κ2) is 6.10. The van der Waals surface area contributed by atoms with E-state index in [4.69, 9.17) is 4.74 Å². The van der Waals surface area contributed by atoms with Crippen LogP contribution in [0.25, 0.3) is 0 Å². The van der Waals surface area contributed by atoms with Gasteiger partial charge in [-0.15, -0.1) is 0 Å². The van der Waals surface area contributed by atoms with Crippen molar-refractivity contribution < 1.29 is 9.53 Å². The molecule has 1 aromatic rings. The highest BCUT2D eigenvalue weighted by Gasteiger charge is 2.08. The minimum atomic E-state index is -0.242. The van der Waals surface area contributed by atoms with E-state index in [1.807, 2.05) is 35.7 Å². The Hall–Kier alpha value is -1.75. The Labute approximate surface area is 104 Å². The van der Waals surface area contributed by atoms with Crippen LogP contribution in [0.2, 0.25) is 0 Å². The molecular weight excluding hydrogens is 236 g/mol. The summed E-state index contributed by atoms with van der Waals surface area (Å²) in [7, 11) is 0. The van der Waals surface area contributed by atoms with Crippen LogP contribution in [0.3, 0.4) is 0 Å². The molecule has 0 spiro atoms. The molecular formula is C12H12N2O2S. The molecule has 0 radical (unpaired) electrons. The number of nitrogens with one attached hydrogen (secondary N) is 1. The summed E-state index contributed by atoms with van der Waals surface area (Å²) >= 11 is 1.34. The van der Waals surface area contributed by atoms with Gasteiger partial charge in [-0.2, -0.15) is 5.10 Å². The molecule has 0 amide bonds. The lowest BCUT2D eigenvalue weighted by molar-refractivity contribution is -0.144. The van der Waals surface area contributed by atoms with Crippen molar-refractivity contribution >= 4 is 24.1 Å². The predicted octanol–water partition coefficient (Wildman–Crippen LogP) is 2.24. The molecule has 2 rings (SSSR count). The third-order valence-corrected chi connectivity index (χ3v) is 2.77. The van der Waals surface area contributed by atoms with Gasteiger partial charge in [-0.3, -0.25) is 4.79 Å². The number of carbonyl (C=O) groups is 1. The number of nitrogens with zero attached hydrogens (tertiary/aromatic N) is 1. The molecule has 0 unspecified atom stereocenters. The van der Waals surface area contributed by atoms with Crippen LogP contribution in [0, 0.1) is 0 Å². The second-order valence-corrected chi connectivity index (χ2v) is 4.14. The van der Waals surface area contributed by atoms with Gasteiger partial charge in [0, 0.05) is 0 Å². The van der Waals surface area contributed by atoms with Gasteiger partial charge in [-0.05, 0) is 28.5 Å². The van der Waals surface area contributed by atoms with Crippen molar-refractivity contribution in [1.82, 2.24) is 4.83 Å². The summed E-state index contributed by atoms with van der Waals surface area (Å²) in [5.41, 5.74) is 1.84. The molecule has 1 aliphatic heterocycles. The zero-order valence-corrected chi connectivity index (χ0v) is 9.94. The van der Waals surface area contributed by atoms with E-state index in [1.165, 1.54) is 11.9 Å². The average Bonchev–Trinajstić information content (AvgIpc) is 2.39. The molecule has 1 N–H and O–H groups in total. The lowest BCUT2D eigenvalue weighted by atomic mass is 10.2. The highest BCUT2D eigenvalue weighted by molar-refractivity contribution is 8.00. The van der Waals surface area contributed by atoms with E-state index in [0.717, 1.165) is 11.1 Å². The average molecular weight is 248 g/mol. The lowest BCUT2D eigenvalue weighted by Crippen LogP contribution is -2.08. The SMILES string of the molecule is O=C(CC1=CSNN=C1)OCc1ccccc1. The fourth-order valence-corrected chi connectivity index (χ4v) is 1.78. The van der Waals surface area contributed by atoms with E-state index >= 15 is 0 Å². The van der Waals surface area contributed by atoms with Gasteiger partial charge in [0.2, 0.25) is 0 Å². The van der Waals surface area contributed by atoms with Crippen molar-refractivity contribution in [3.05, 3.63) is 46.9 Å².